The summed E-state index contributed by atoms with van der Waals surface area (Å²) >= 11 is 0. The first kappa shape index (κ1) is 20.3. The molecular formula is C23H30N6O. The number of hydrogen-bond donors (Lipinski definition) is 2. The molecule has 1 aliphatic heterocycles. The number of nitrogens with zero attached hydrogens (tertiary/aromatic N) is 5. The van der Waals surface area contributed by atoms with Gasteiger partial charge in [0.15, 0.2) is 0 Å². The summed E-state index contributed by atoms with van der Waals surface area (Å²) in [6.45, 7) is 8.93. The molecule has 1 saturated heterocycles. The Labute approximate surface area is 177 Å². The zero-order valence-electron chi connectivity index (χ0n) is 18.3. The molecule has 1 fully saturated rings. The van der Waals surface area contributed by atoms with Crippen LogP contribution in [0.2, 0.25) is 0 Å². The van der Waals surface area contributed by atoms with Crippen LogP contribution in [0.25, 0.3) is 16.9 Å². The predicted octanol–water partition coefficient (Wildman–Crippen LogP) is 3.78. The van der Waals surface area contributed by atoms with E-state index in [1.807, 2.05) is 48.3 Å². The van der Waals surface area contributed by atoms with Crippen LogP contribution in [0.15, 0.2) is 48.9 Å². The molecule has 0 amide bonds. The zero-order chi connectivity index (χ0) is 21.5. The number of phenolic OH excluding ortho intramolecular Hbond substituents is 1. The minimum atomic E-state index is 0.0430. The van der Waals surface area contributed by atoms with E-state index in [0.717, 1.165) is 18.5 Å². The summed E-state index contributed by atoms with van der Waals surface area (Å²) in [5.74, 6) is 0.751. The summed E-state index contributed by atoms with van der Waals surface area (Å²) in [5.41, 5.74) is 2.14. The highest BCUT2D eigenvalue weighted by atomic mass is 16.3. The second-order valence-corrected chi connectivity index (χ2v) is 9.50. The number of aromatic nitrogens is 4. The molecule has 0 atom stereocenters. The van der Waals surface area contributed by atoms with Gasteiger partial charge in [-0.15, -0.1) is 10.2 Å². The van der Waals surface area contributed by atoms with Crippen LogP contribution in [-0.4, -0.2) is 49.0 Å². The van der Waals surface area contributed by atoms with Crippen molar-refractivity contribution in [2.75, 3.05) is 11.9 Å². The summed E-state index contributed by atoms with van der Waals surface area (Å²) in [7, 11) is 2.03. The van der Waals surface area contributed by atoms with Gasteiger partial charge in [0.2, 0.25) is 5.95 Å². The van der Waals surface area contributed by atoms with Crippen LogP contribution in [0.4, 0.5) is 5.95 Å². The highest BCUT2D eigenvalue weighted by molar-refractivity contribution is 5.68. The third-order valence-corrected chi connectivity index (χ3v) is 5.74. The number of anilines is 1. The molecule has 0 radical (unpaired) electrons. The number of benzene rings is 1. The fraction of sp³-hybridized carbons (Fsp3) is 0.435. The van der Waals surface area contributed by atoms with Gasteiger partial charge in [-0.05, 0) is 64.8 Å². The molecule has 1 aromatic carbocycles. The molecule has 4 rings (SSSR count). The van der Waals surface area contributed by atoms with Crippen LogP contribution in [0.5, 0.6) is 5.75 Å². The molecule has 0 spiro atoms. The Hall–Kier alpha value is -2.93. The van der Waals surface area contributed by atoms with Crippen molar-refractivity contribution in [2.45, 2.75) is 57.7 Å². The monoisotopic (exact) mass is 406 g/mol. The normalized spacial score (nSPS) is 18.3. The predicted molar refractivity (Wildman–Crippen MR) is 119 cm³/mol. The lowest BCUT2D eigenvalue weighted by Gasteiger charge is -2.48. The van der Waals surface area contributed by atoms with Crippen LogP contribution in [0.1, 0.15) is 40.5 Å². The van der Waals surface area contributed by atoms with E-state index in [-0.39, 0.29) is 16.8 Å². The van der Waals surface area contributed by atoms with E-state index in [4.69, 9.17) is 0 Å². The minimum Gasteiger partial charge on any atom is -0.507 e. The summed E-state index contributed by atoms with van der Waals surface area (Å²) in [6, 6.07) is 9.71. The van der Waals surface area contributed by atoms with Gasteiger partial charge >= 0.3 is 0 Å². The van der Waals surface area contributed by atoms with Crippen LogP contribution in [-0.2, 0) is 0 Å². The Morgan fingerprint density at radius 3 is 2.30 bits per heavy atom. The lowest BCUT2D eigenvalue weighted by atomic mass is 9.79. The quantitative estimate of drug-likeness (QED) is 0.686. The lowest BCUT2D eigenvalue weighted by molar-refractivity contribution is 0.160. The van der Waals surface area contributed by atoms with Gasteiger partial charge in [0, 0.05) is 53.9 Å². The van der Waals surface area contributed by atoms with Crippen LogP contribution >= 0.6 is 0 Å². The van der Waals surface area contributed by atoms with E-state index < -0.39 is 0 Å². The summed E-state index contributed by atoms with van der Waals surface area (Å²) in [5, 5.41) is 22.9. The molecule has 3 heterocycles. The molecule has 2 aromatic heterocycles. The number of piperidine rings is 1. The largest absolute Gasteiger partial charge is 0.507 e. The van der Waals surface area contributed by atoms with Crippen LogP contribution in [0, 0.1) is 0 Å². The lowest BCUT2D eigenvalue weighted by Crippen LogP contribution is -2.62. The Balaban J connectivity index is 1.54. The fourth-order valence-electron chi connectivity index (χ4n) is 4.66. The first-order chi connectivity index (χ1) is 14.1. The molecule has 7 nitrogen and oxygen atoms in total. The van der Waals surface area contributed by atoms with E-state index >= 15 is 0 Å². The SMILES string of the molecule is CN(c1ncc(-c2ccc(-n3cccc3)cc2O)nn1)C1CC(C)(C)NC(C)(C)C1. The third kappa shape index (κ3) is 4.16. The first-order valence-electron chi connectivity index (χ1n) is 10.3. The molecule has 7 heteroatoms. The Morgan fingerprint density at radius 2 is 1.73 bits per heavy atom. The highest BCUT2D eigenvalue weighted by Crippen LogP contribution is 2.33. The maximum Gasteiger partial charge on any atom is 0.245 e. The van der Waals surface area contributed by atoms with Crippen molar-refractivity contribution >= 4 is 5.95 Å². The van der Waals surface area contributed by atoms with Crippen molar-refractivity contribution in [1.29, 1.82) is 0 Å². The molecule has 1 aliphatic rings. The van der Waals surface area contributed by atoms with Crippen molar-refractivity contribution in [3.63, 3.8) is 0 Å². The highest BCUT2D eigenvalue weighted by Gasteiger charge is 2.39. The molecular weight excluding hydrogens is 376 g/mol. The first-order valence-corrected chi connectivity index (χ1v) is 10.3. The number of hydrogen-bond acceptors (Lipinski definition) is 6. The Bertz CT molecular complexity index is 995. The molecule has 30 heavy (non-hydrogen) atoms. The average Bonchev–Trinajstić information content (AvgIpc) is 3.20. The van der Waals surface area contributed by atoms with Crippen LogP contribution in [0.3, 0.4) is 0 Å². The van der Waals surface area contributed by atoms with E-state index in [0.29, 0.717) is 23.2 Å². The molecule has 0 aliphatic carbocycles. The Kier molecular flexibility index (Phi) is 5.02. The standard InChI is InChI=1S/C23H30N6O/c1-22(2)13-17(14-23(3,4)27-22)28(5)21-24-15-19(25-26-21)18-9-8-16(12-20(18)30)29-10-6-7-11-29/h6-12,15,17,27,30H,13-14H2,1-5H3. The summed E-state index contributed by atoms with van der Waals surface area (Å²) in [4.78, 5) is 6.68. The van der Waals surface area contributed by atoms with Crippen molar-refractivity contribution < 1.29 is 5.11 Å². The topological polar surface area (TPSA) is 79.1 Å². The van der Waals surface area contributed by atoms with Gasteiger partial charge in [0.1, 0.15) is 11.4 Å². The second kappa shape index (κ2) is 7.40. The van der Waals surface area contributed by atoms with Crippen molar-refractivity contribution in [3.05, 3.63) is 48.9 Å². The van der Waals surface area contributed by atoms with E-state index in [2.05, 4.69) is 53.1 Å². The van der Waals surface area contributed by atoms with Crippen molar-refractivity contribution in [2.24, 2.45) is 0 Å². The second-order valence-electron chi connectivity index (χ2n) is 9.50. The number of rotatable bonds is 4. The van der Waals surface area contributed by atoms with Gasteiger partial charge in [-0.3, -0.25) is 0 Å². The summed E-state index contributed by atoms with van der Waals surface area (Å²) < 4.78 is 1.94. The maximum absolute atomic E-state index is 10.5. The molecule has 158 valence electrons. The fourth-order valence-corrected chi connectivity index (χ4v) is 4.66. The van der Waals surface area contributed by atoms with Crippen molar-refractivity contribution in [1.82, 2.24) is 25.1 Å². The molecule has 0 unspecified atom stereocenters. The number of nitrogens with one attached hydrogen (secondary N) is 1. The van der Waals surface area contributed by atoms with E-state index in [9.17, 15) is 5.11 Å². The number of phenols is 1. The average molecular weight is 407 g/mol. The minimum absolute atomic E-state index is 0.0430. The van der Waals surface area contributed by atoms with Gasteiger partial charge in [-0.2, -0.15) is 0 Å². The van der Waals surface area contributed by atoms with Gasteiger partial charge in [0.05, 0.1) is 6.20 Å². The smallest absolute Gasteiger partial charge is 0.245 e. The Morgan fingerprint density at radius 1 is 1.07 bits per heavy atom. The van der Waals surface area contributed by atoms with Crippen LogP contribution < -0.4 is 10.2 Å². The van der Waals surface area contributed by atoms with E-state index in [1.165, 1.54) is 0 Å². The molecule has 2 N–H and O–H groups in total. The van der Waals surface area contributed by atoms with E-state index in [1.54, 1.807) is 12.3 Å². The van der Waals surface area contributed by atoms with Gasteiger partial charge in [0.25, 0.3) is 0 Å². The third-order valence-electron chi connectivity index (χ3n) is 5.74. The van der Waals surface area contributed by atoms with Gasteiger partial charge in [-0.25, -0.2) is 4.98 Å². The van der Waals surface area contributed by atoms with Gasteiger partial charge < -0.3 is 19.9 Å². The molecule has 0 bridgehead atoms. The molecule has 3 aromatic rings. The van der Waals surface area contributed by atoms with Crippen molar-refractivity contribution in [3.8, 4) is 22.7 Å². The molecule has 0 saturated carbocycles. The summed E-state index contributed by atoms with van der Waals surface area (Å²) in [6.07, 6.45) is 7.55. The number of aromatic hydroxyl groups is 1. The van der Waals surface area contributed by atoms with Gasteiger partial charge in [-0.1, -0.05) is 0 Å². The maximum atomic E-state index is 10.5. The zero-order valence-corrected chi connectivity index (χ0v) is 18.3.